The van der Waals surface area contributed by atoms with E-state index in [-0.39, 0.29) is 21.4 Å². The lowest BCUT2D eigenvalue weighted by atomic mass is 10.3. The molecule has 106 valence electrons. The van der Waals surface area contributed by atoms with Crippen molar-refractivity contribution in [3.63, 3.8) is 0 Å². The first-order chi connectivity index (χ1) is 9.44. The SMILES string of the molecule is COc1ccc(O)c(NS(=O)(=O)c2ccccc2Cl)c1. The Bertz CT molecular complexity index is 731. The highest BCUT2D eigenvalue weighted by Gasteiger charge is 2.19. The van der Waals surface area contributed by atoms with Gasteiger partial charge in [-0.15, -0.1) is 0 Å². The standard InChI is InChI=1S/C13H12ClNO4S/c1-19-9-6-7-12(16)11(8-9)15-20(17,18)13-5-3-2-4-10(13)14/h2-8,15-16H,1H3. The Kier molecular flexibility index (Phi) is 4.06. The van der Waals surface area contributed by atoms with E-state index in [4.69, 9.17) is 16.3 Å². The highest BCUT2D eigenvalue weighted by molar-refractivity contribution is 7.92. The van der Waals surface area contributed by atoms with Gasteiger partial charge in [-0.2, -0.15) is 0 Å². The normalized spacial score (nSPS) is 11.1. The van der Waals surface area contributed by atoms with Gasteiger partial charge in [-0.05, 0) is 24.3 Å². The predicted molar refractivity (Wildman–Crippen MR) is 76.9 cm³/mol. The summed E-state index contributed by atoms with van der Waals surface area (Å²) >= 11 is 5.87. The summed E-state index contributed by atoms with van der Waals surface area (Å²) in [7, 11) is -2.45. The molecular formula is C13H12ClNO4S. The molecule has 0 unspecified atom stereocenters. The molecule has 20 heavy (non-hydrogen) atoms. The predicted octanol–water partition coefficient (Wildman–Crippen LogP) is 2.86. The van der Waals surface area contributed by atoms with Crippen molar-refractivity contribution in [3.8, 4) is 11.5 Å². The second-order valence-electron chi connectivity index (χ2n) is 3.92. The molecule has 5 nitrogen and oxygen atoms in total. The lowest BCUT2D eigenvalue weighted by Gasteiger charge is -2.11. The molecule has 0 spiro atoms. The highest BCUT2D eigenvalue weighted by Crippen LogP contribution is 2.31. The molecule has 0 bridgehead atoms. The molecule has 0 aliphatic heterocycles. The minimum atomic E-state index is -3.89. The summed E-state index contributed by atoms with van der Waals surface area (Å²) < 4.78 is 31.7. The number of phenols is 1. The van der Waals surface area contributed by atoms with Crippen molar-refractivity contribution in [3.05, 3.63) is 47.5 Å². The van der Waals surface area contributed by atoms with Gasteiger partial charge in [-0.25, -0.2) is 8.42 Å². The van der Waals surface area contributed by atoms with Crippen molar-refractivity contribution in [2.75, 3.05) is 11.8 Å². The Morgan fingerprint density at radius 2 is 1.90 bits per heavy atom. The van der Waals surface area contributed by atoms with E-state index in [9.17, 15) is 13.5 Å². The summed E-state index contributed by atoms with van der Waals surface area (Å²) in [6.07, 6.45) is 0. The van der Waals surface area contributed by atoms with Gasteiger partial charge < -0.3 is 9.84 Å². The Morgan fingerprint density at radius 3 is 2.55 bits per heavy atom. The average molecular weight is 314 g/mol. The average Bonchev–Trinajstić information content (AvgIpc) is 2.41. The molecule has 0 aliphatic rings. The molecule has 0 fully saturated rings. The van der Waals surface area contributed by atoms with Gasteiger partial charge >= 0.3 is 0 Å². The van der Waals surface area contributed by atoms with Crippen molar-refractivity contribution in [1.82, 2.24) is 0 Å². The van der Waals surface area contributed by atoms with E-state index < -0.39 is 10.0 Å². The smallest absolute Gasteiger partial charge is 0.263 e. The summed E-state index contributed by atoms with van der Waals surface area (Å²) in [5.74, 6) is 0.209. The van der Waals surface area contributed by atoms with E-state index in [0.29, 0.717) is 5.75 Å². The lowest BCUT2D eigenvalue weighted by Crippen LogP contribution is -2.13. The fourth-order valence-electron chi connectivity index (χ4n) is 1.59. The van der Waals surface area contributed by atoms with E-state index in [1.165, 1.54) is 37.4 Å². The maximum Gasteiger partial charge on any atom is 0.263 e. The molecule has 0 radical (unpaired) electrons. The van der Waals surface area contributed by atoms with E-state index in [1.54, 1.807) is 12.1 Å². The molecule has 0 amide bonds. The summed E-state index contributed by atoms with van der Waals surface area (Å²) in [6, 6.07) is 10.3. The molecule has 2 rings (SSSR count). The van der Waals surface area contributed by atoms with Gasteiger partial charge in [-0.3, -0.25) is 4.72 Å². The lowest BCUT2D eigenvalue weighted by molar-refractivity contribution is 0.413. The Labute approximate surface area is 121 Å². The molecule has 2 N–H and O–H groups in total. The Balaban J connectivity index is 2.41. The first-order valence-corrected chi connectivity index (χ1v) is 7.44. The van der Waals surface area contributed by atoms with E-state index in [1.807, 2.05) is 0 Å². The zero-order valence-corrected chi connectivity index (χ0v) is 12.1. The van der Waals surface area contributed by atoms with Crippen LogP contribution in [-0.2, 0) is 10.0 Å². The molecule has 0 atom stereocenters. The van der Waals surface area contributed by atoms with Crippen LogP contribution in [-0.4, -0.2) is 20.6 Å². The maximum atomic E-state index is 12.2. The summed E-state index contributed by atoms with van der Waals surface area (Å²) in [5, 5.41) is 9.79. The number of anilines is 1. The van der Waals surface area contributed by atoms with Crippen LogP contribution in [0.25, 0.3) is 0 Å². The largest absolute Gasteiger partial charge is 0.506 e. The number of ether oxygens (including phenoxy) is 1. The second kappa shape index (κ2) is 5.60. The van der Waals surface area contributed by atoms with E-state index in [0.717, 1.165) is 0 Å². The topological polar surface area (TPSA) is 75.6 Å². The molecule has 0 saturated heterocycles. The number of hydrogen-bond acceptors (Lipinski definition) is 4. The van der Waals surface area contributed by atoms with Crippen LogP contribution in [0.4, 0.5) is 5.69 Å². The quantitative estimate of drug-likeness (QED) is 0.851. The number of nitrogens with one attached hydrogen (secondary N) is 1. The summed E-state index contributed by atoms with van der Waals surface area (Å²) in [6.45, 7) is 0. The fourth-order valence-corrected chi connectivity index (χ4v) is 3.17. The van der Waals surface area contributed by atoms with Crippen LogP contribution in [0.2, 0.25) is 5.02 Å². The first kappa shape index (κ1) is 14.5. The minimum Gasteiger partial charge on any atom is -0.506 e. The monoisotopic (exact) mass is 313 g/mol. The number of halogens is 1. The third-order valence-electron chi connectivity index (χ3n) is 2.57. The van der Waals surface area contributed by atoms with Gasteiger partial charge in [0.2, 0.25) is 0 Å². The van der Waals surface area contributed by atoms with Gasteiger partial charge in [0.05, 0.1) is 17.8 Å². The van der Waals surface area contributed by atoms with Crippen molar-refractivity contribution < 1.29 is 18.3 Å². The Morgan fingerprint density at radius 1 is 1.20 bits per heavy atom. The molecule has 0 heterocycles. The van der Waals surface area contributed by atoms with Crippen LogP contribution in [0.15, 0.2) is 47.4 Å². The van der Waals surface area contributed by atoms with Gasteiger partial charge in [0.1, 0.15) is 16.4 Å². The van der Waals surface area contributed by atoms with Crippen molar-refractivity contribution in [1.29, 1.82) is 0 Å². The molecule has 2 aromatic rings. The van der Waals surface area contributed by atoms with E-state index in [2.05, 4.69) is 4.72 Å². The number of benzene rings is 2. The van der Waals surface area contributed by atoms with Crippen LogP contribution >= 0.6 is 11.6 Å². The summed E-state index contributed by atoms with van der Waals surface area (Å²) in [5.41, 5.74) is 0.0178. The molecular weight excluding hydrogens is 302 g/mol. The molecule has 0 aromatic heterocycles. The van der Waals surface area contributed by atoms with Gasteiger partial charge in [-0.1, -0.05) is 23.7 Å². The molecule has 2 aromatic carbocycles. The minimum absolute atomic E-state index is 0.0178. The number of rotatable bonds is 4. The summed E-state index contributed by atoms with van der Waals surface area (Å²) in [4.78, 5) is -0.0658. The van der Waals surface area contributed by atoms with Crippen LogP contribution in [0.5, 0.6) is 11.5 Å². The third kappa shape index (κ3) is 2.97. The first-order valence-electron chi connectivity index (χ1n) is 5.58. The zero-order chi connectivity index (χ0) is 14.8. The number of phenolic OH excluding ortho intramolecular Hbond substituents is 1. The van der Waals surface area contributed by atoms with Gasteiger partial charge in [0.25, 0.3) is 10.0 Å². The number of hydrogen-bond donors (Lipinski definition) is 2. The number of aromatic hydroxyl groups is 1. The van der Waals surface area contributed by atoms with Crippen molar-refractivity contribution in [2.24, 2.45) is 0 Å². The number of sulfonamides is 1. The van der Waals surface area contributed by atoms with Gasteiger partial charge in [0.15, 0.2) is 0 Å². The number of methoxy groups -OCH3 is 1. The zero-order valence-electron chi connectivity index (χ0n) is 10.5. The van der Waals surface area contributed by atoms with Gasteiger partial charge in [0, 0.05) is 6.07 Å². The molecule has 0 aliphatic carbocycles. The third-order valence-corrected chi connectivity index (χ3v) is 4.44. The van der Waals surface area contributed by atoms with Crippen molar-refractivity contribution >= 4 is 27.3 Å². The van der Waals surface area contributed by atoms with Crippen LogP contribution in [0, 0.1) is 0 Å². The van der Waals surface area contributed by atoms with Crippen molar-refractivity contribution in [2.45, 2.75) is 4.90 Å². The maximum absolute atomic E-state index is 12.2. The van der Waals surface area contributed by atoms with Crippen LogP contribution in [0.1, 0.15) is 0 Å². The van der Waals surface area contributed by atoms with Crippen LogP contribution < -0.4 is 9.46 Å². The highest BCUT2D eigenvalue weighted by atomic mass is 35.5. The molecule has 7 heteroatoms. The Hall–Kier alpha value is -1.92. The van der Waals surface area contributed by atoms with E-state index >= 15 is 0 Å². The van der Waals surface area contributed by atoms with Crippen LogP contribution in [0.3, 0.4) is 0 Å². The second-order valence-corrected chi connectivity index (χ2v) is 5.98. The fraction of sp³-hybridized carbons (Fsp3) is 0.0769. The molecule has 0 saturated carbocycles.